The van der Waals surface area contributed by atoms with Gasteiger partial charge in [0.05, 0.1) is 6.54 Å². The molecular formula is C21H38N4O. The summed E-state index contributed by atoms with van der Waals surface area (Å²) in [5.74, 6) is 0.774. The van der Waals surface area contributed by atoms with E-state index in [1.165, 1.54) is 32.2 Å². The minimum atomic E-state index is -0.962. The van der Waals surface area contributed by atoms with E-state index in [1.54, 1.807) is 0 Å². The maximum absolute atomic E-state index is 10.7. The number of nitrogens with one attached hydrogen (secondary N) is 2. The number of aliphatic hydroxyl groups is 1. The van der Waals surface area contributed by atoms with Gasteiger partial charge in [-0.3, -0.25) is 0 Å². The Labute approximate surface area is 159 Å². The first-order chi connectivity index (χ1) is 12.5. The minimum Gasteiger partial charge on any atom is -0.384 e. The summed E-state index contributed by atoms with van der Waals surface area (Å²) in [7, 11) is 4.25. The van der Waals surface area contributed by atoms with Gasteiger partial charge in [0, 0.05) is 13.1 Å². The molecule has 0 bridgehead atoms. The van der Waals surface area contributed by atoms with Crippen LogP contribution in [0.15, 0.2) is 35.3 Å². The topological polar surface area (TPSA) is 59.9 Å². The molecule has 0 saturated heterocycles. The van der Waals surface area contributed by atoms with Crippen LogP contribution in [0.4, 0.5) is 0 Å². The first kappa shape index (κ1) is 22.5. The molecule has 0 spiro atoms. The van der Waals surface area contributed by atoms with Crippen molar-refractivity contribution in [3.63, 3.8) is 0 Å². The number of hydrogen-bond acceptors (Lipinski definition) is 3. The summed E-state index contributed by atoms with van der Waals surface area (Å²) in [6, 6.07) is 9.71. The predicted molar refractivity (Wildman–Crippen MR) is 112 cm³/mol. The summed E-state index contributed by atoms with van der Waals surface area (Å²) in [6.45, 7) is 7.09. The standard InChI is InChI=1S/C21H38N4O/c1-5-22-20(23-16-12-7-6-8-13-17-25(3)4)24-18-21(2,26)19-14-10-9-11-15-19/h9-11,14-15,26H,5-8,12-13,16-18H2,1-4H3,(H2,22,23,24). The zero-order chi connectivity index (χ0) is 19.3. The molecule has 5 nitrogen and oxygen atoms in total. The lowest BCUT2D eigenvalue weighted by molar-refractivity contribution is 0.0672. The number of rotatable bonds is 12. The van der Waals surface area contributed by atoms with Crippen LogP contribution in [-0.2, 0) is 5.60 Å². The quantitative estimate of drug-likeness (QED) is 0.304. The monoisotopic (exact) mass is 362 g/mol. The highest BCUT2D eigenvalue weighted by atomic mass is 16.3. The largest absolute Gasteiger partial charge is 0.384 e. The van der Waals surface area contributed by atoms with E-state index in [0.717, 1.165) is 31.0 Å². The normalized spacial score (nSPS) is 14.3. The highest BCUT2D eigenvalue weighted by Crippen LogP contribution is 2.20. The zero-order valence-electron chi connectivity index (χ0n) is 17.1. The summed E-state index contributed by atoms with van der Waals surface area (Å²) in [5, 5.41) is 17.3. The van der Waals surface area contributed by atoms with E-state index in [-0.39, 0.29) is 0 Å². The molecule has 5 heteroatoms. The van der Waals surface area contributed by atoms with Gasteiger partial charge < -0.3 is 20.6 Å². The second kappa shape index (κ2) is 12.7. The van der Waals surface area contributed by atoms with Gasteiger partial charge in [0.1, 0.15) is 5.60 Å². The van der Waals surface area contributed by atoms with Crippen LogP contribution < -0.4 is 10.6 Å². The lowest BCUT2D eigenvalue weighted by atomic mass is 9.96. The SMILES string of the molecule is CCNC(=NCC(C)(O)c1ccccc1)NCCCCCCCN(C)C. The summed E-state index contributed by atoms with van der Waals surface area (Å²) in [4.78, 5) is 6.81. The number of hydrogen-bond donors (Lipinski definition) is 3. The van der Waals surface area contributed by atoms with Gasteiger partial charge in [-0.15, -0.1) is 0 Å². The average Bonchev–Trinajstić information content (AvgIpc) is 2.62. The fraction of sp³-hybridized carbons (Fsp3) is 0.667. The molecule has 1 unspecified atom stereocenters. The first-order valence-electron chi connectivity index (χ1n) is 9.90. The van der Waals surface area contributed by atoms with Gasteiger partial charge in [-0.2, -0.15) is 0 Å². The number of guanidine groups is 1. The smallest absolute Gasteiger partial charge is 0.191 e. The average molecular weight is 363 g/mol. The highest BCUT2D eigenvalue weighted by molar-refractivity contribution is 5.79. The Kier molecular flexibility index (Phi) is 11.0. The van der Waals surface area contributed by atoms with Crippen LogP contribution in [0.25, 0.3) is 0 Å². The minimum absolute atomic E-state index is 0.330. The number of benzene rings is 1. The van der Waals surface area contributed by atoms with E-state index < -0.39 is 5.60 Å². The van der Waals surface area contributed by atoms with Crippen molar-refractivity contribution in [1.29, 1.82) is 0 Å². The third-order valence-electron chi connectivity index (χ3n) is 4.36. The van der Waals surface area contributed by atoms with Gasteiger partial charge in [-0.25, -0.2) is 4.99 Å². The van der Waals surface area contributed by atoms with Crippen molar-refractivity contribution in [3.05, 3.63) is 35.9 Å². The molecule has 0 aliphatic rings. The highest BCUT2D eigenvalue weighted by Gasteiger charge is 2.22. The maximum Gasteiger partial charge on any atom is 0.191 e. The van der Waals surface area contributed by atoms with Crippen LogP contribution in [0, 0.1) is 0 Å². The third-order valence-corrected chi connectivity index (χ3v) is 4.36. The second-order valence-electron chi connectivity index (χ2n) is 7.33. The predicted octanol–water partition coefficient (Wildman–Crippen LogP) is 2.96. The molecule has 0 aliphatic heterocycles. The first-order valence-corrected chi connectivity index (χ1v) is 9.90. The van der Waals surface area contributed by atoms with Crippen LogP contribution in [0.2, 0.25) is 0 Å². The molecule has 1 atom stereocenters. The molecule has 0 fully saturated rings. The molecular weight excluding hydrogens is 324 g/mol. The summed E-state index contributed by atoms with van der Waals surface area (Å²) in [6.07, 6.45) is 6.24. The molecule has 1 rings (SSSR count). The van der Waals surface area contributed by atoms with Crippen molar-refractivity contribution in [2.24, 2.45) is 4.99 Å². The molecule has 0 aromatic heterocycles. The van der Waals surface area contributed by atoms with Crippen LogP contribution in [0.1, 0.15) is 51.5 Å². The molecule has 148 valence electrons. The molecule has 1 aromatic carbocycles. The van der Waals surface area contributed by atoms with E-state index in [1.807, 2.05) is 37.3 Å². The van der Waals surface area contributed by atoms with Gasteiger partial charge in [0.2, 0.25) is 0 Å². The Morgan fingerprint density at radius 3 is 2.35 bits per heavy atom. The molecule has 0 heterocycles. The Bertz CT molecular complexity index is 500. The Morgan fingerprint density at radius 2 is 1.69 bits per heavy atom. The molecule has 0 radical (unpaired) electrons. The van der Waals surface area contributed by atoms with Crippen LogP contribution >= 0.6 is 0 Å². The van der Waals surface area contributed by atoms with Gasteiger partial charge in [-0.1, -0.05) is 49.6 Å². The van der Waals surface area contributed by atoms with Crippen molar-refractivity contribution >= 4 is 5.96 Å². The van der Waals surface area contributed by atoms with E-state index in [0.29, 0.717) is 6.54 Å². The Balaban J connectivity index is 2.33. The van der Waals surface area contributed by atoms with Crippen molar-refractivity contribution < 1.29 is 5.11 Å². The van der Waals surface area contributed by atoms with Gasteiger partial charge in [0.25, 0.3) is 0 Å². The van der Waals surface area contributed by atoms with E-state index in [4.69, 9.17) is 0 Å². The van der Waals surface area contributed by atoms with Gasteiger partial charge in [-0.05, 0) is 52.9 Å². The maximum atomic E-state index is 10.7. The van der Waals surface area contributed by atoms with Crippen molar-refractivity contribution in [2.75, 3.05) is 40.3 Å². The molecule has 0 aliphatic carbocycles. The van der Waals surface area contributed by atoms with Gasteiger partial charge in [0.15, 0.2) is 5.96 Å². The molecule has 26 heavy (non-hydrogen) atoms. The second-order valence-corrected chi connectivity index (χ2v) is 7.33. The van der Waals surface area contributed by atoms with E-state index in [9.17, 15) is 5.11 Å². The van der Waals surface area contributed by atoms with Crippen LogP contribution in [-0.4, -0.2) is 56.2 Å². The van der Waals surface area contributed by atoms with E-state index >= 15 is 0 Å². The van der Waals surface area contributed by atoms with E-state index in [2.05, 4.69) is 41.5 Å². The fourth-order valence-corrected chi connectivity index (χ4v) is 2.75. The van der Waals surface area contributed by atoms with Crippen LogP contribution in [0.5, 0.6) is 0 Å². The third kappa shape index (κ3) is 9.78. The molecule has 3 N–H and O–H groups in total. The Morgan fingerprint density at radius 1 is 1.04 bits per heavy atom. The van der Waals surface area contributed by atoms with Crippen LogP contribution in [0.3, 0.4) is 0 Å². The lowest BCUT2D eigenvalue weighted by Crippen LogP contribution is -2.39. The Hall–Kier alpha value is -1.59. The fourth-order valence-electron chi connectivity index (χ4n) is 2.75. The summed E-state index contributed by atoms with van der Waals surface area (Å²) < 4.78 is 0. The molecule has 0 amide bonds. The number of nitrogens with zero attached hydrogens (tertiary/aromatic N) is 2. The van der Waals surface area contributed by atoms with Crippen molar-refractivity contribution in [3.8, 4) is 0 Å². The number of aliphatic imine (C=N–C) groups is 1. The van der Waals surface area contributed by atoms with Crippen molar-refractivity contribution in [1.82, 2.24) is 15.5 Å². The van der Waals surface area contributed by atoms with Crippen molar-refractivity contribution in [2.45, 2.75) is 51.6 Å². The molecule has 1 aromatic rings. The zero-order valence-corrected chi connectivity index (χ0v) is 17.1. The summed E-state index contributed by atoms with van der Waals surface area (Å²) >= 11 is 0. The molecule has 0 saturated carbocycles. The number of unbranched alkanes of at least 4 members (excludes halogenated alkanes) is 4. The lowest BCUT2D eigenvalue weighted by Gasteiger charge is -2.22. The summed E-state index contributed by atoms with van der Waals surface area (Å²) in [5.41, 5.74) is -0.0758. The van der Waals surface area contributed by atoms with Gasteiger partial charge >= 0.3 is 0 Å².